The minimum Gasteiger partial charge on any atom is -0.346 e. The summed E-state index contributed by atoms with van der Waals surface area (Å²) in [5.74, 6) is 0.507. The van der Waals surface area contributed by atoms with E-state index in [1.165, 1.54) is 0 Å². The summed E-state index contributed by atoms with van der Waals surface area (Å²) in [5, 5.41) is 0. The maximum atomic E-state index is 10.7. The van der Waals surface area contributed by atoms with E-state index in [2.05, 4.69) is 0 Å². The zero-order chi connectivity index (χ0) is 15.8. The summed E-state index contributed by atoms with van der Waals surface area (Å²) >= 11 is 0. The van der Waals surface area contributed by atoms with E-state index < -0.39 is 0 Å². The van der Waals surface area contributed by atoms with Crippen molar-refractivity contribution in [1.82, 2.24) is 9.80 Å². The number of likely N-dealkylation sites (tertiary alicyclic amines) is 1. The summed E-state index contributed by atoms with van der Waals surface area (Å²) in [6.07, 6.45) is 2.43. The van der Waals surface area contributed by atoms with Gasteiger partial charge in [0.25, 0.3) is 0 Å². The third-order valence-electron chi connectivity index (χ3n) is 2.51. The van der Waals surface area contributed by atoms with Crippen molar-refractivity contribution in [1.29, 1.82) is 0 Å². The topological polar surface area (TPSA) is 40.6 Å². The largest absolute Gasteiger partial charge is 0.346 e. The van der Waals surface area contributed by atoms with Gasteiger partial charge in [0, 0.05) is 40.0 Å². The predicted molar refractivity (Wildman–Crippen MR) is 83.2 cm³/mol. The molecule has 2 amide bonds. The molecule has 0 atom stereocenters. The highest BCUT2D eigenvalue weighted by Gasteiger charge is 2.14. The summed E-state index contributed by atoms with van der Waals surface area (Å²) in [6, 6.07) is 0. The smallest absolute Gasteiger partial charge is 0.222 e. The lowest BCUT2D eigenvalue weighted by Crippen LogP contribution is -2.24. The van der Waals surface area contributed by atoms with Gasteiger partial charge < -0.3 is 9.80 Å². The van der Waals surface area contributed by atoms with Gasteiger partial charge in [0.15, 0.2) is 0 Å². The predicted octanol–water partition coefficient (Wildman–Crippen LogP) is 3.17. The number of amides is 2. The van der Waals surface area contributed by atoms with E-state index in [9.17, 15) is 9.59 Å². The zero-order valence-corrected chi connectivity index (χ0v) is 14.2. The molecule has 0 aromatic rings. The first-order chi connectivity index (χ1) is 9.02. The molecule has 1 aliphatic heterocycles. The van der Waals surface area contributed by atoms with Crippen LogP contribution in [0.5, 0.6) is 0 Å². The average Bonchev–Trinajstić information content (AvgIpc) is 2.86. The van der Waals surface area contributed by atoms with Crippen LogP contribution in [0.4, 0.5) is 0 Å². The quantitative estimate of drug-likeness (QED) is 0.776. The summed E-state index contributed by atoms with van der Waals surface area (Å²) in [5.41, 5.74) is 0. The molecule has 1 fully saturated rings. The molecule has 1 heterocycles. The van der Waals surface area contributed by atoms with E-state index in [1.807, 2.05) is 55.6 Å². The number of nitrogens with zero attached hydrogens (tertiary/aromatic N) is 2. The minimum absolute atomic E-state index is 0.215. The molecule has 0 aromatic heterocycles. The summed E-state index contributed by atoms with van der Waals surface area (Å²) < 4.78 is 0. The second-order valence-electron chi connectivity index (χ2n) is 3.68. The lowest BCUT2D eigenvalue weighted by molar-refractivity contribution is -0.129. The Kier molecular flexibility index (Phi) is 20.6. The first-order valence-electron chi connectivity index (χ1n) is 7.50. The van der Waals surface area contributed by atoms with E-state index in [0.29, 0.717) is 12.3 Å². The Balaban J connectivity index is -0.000000214. The molecule has 0 aromatic carbocycles. The molecule has 0 saturated carbocycles. The van der Waals surface area contributed by atoms with Crippen LogP contribution in [0.2, 0.25) is 0 Å². The monoisotopic (exact) mass is 274 g/mol. The normalized spacial score (nSPS) is 12.2. The zero-order valence-electron chi connectivity index (χ0n) is 14.2. The molecule has 0 bridgehead atoms. The van der Waals surface area contributed by atoms with Gasteiger partial charge in [-0.25, -0.2) is 0 Å². The van der Waals surface area contributed by atoms with E-state index in [4.69, 9.17) is 0 Å². The van der Waals surface area contributed by atoms with Gasteiger partial charge in [-0.15, -0.1) is 0 Å². The van der Waals surface area contributed by atoms with Crippen molar-refractivity contribution in [2.75, 3.05) is 27.2 Å². The maximum absolute atomic E-state index is 10.7. The molecule has 0 spiro atoms. The standard InChI is InChI=1S/C6H13NO.C5H9NO.2C2H6/c1-4-6(8)7(3)5-2;1-6-4-2-3-5(6)7;2*1-2/h4-5H2,1-3H3;2-4H2,1H3;2*1-2H3. The number of hydrogen-bond donors (Lipinski definition) is 0. The Bertz CT molecular complexity index is 218. The van der Waals surface area contributed by atoms with Crippen LogP contribution in [0.1, 0.15) is 60.8 Å². The van der Waals surface area contributed by atoms with Crippen molar-refractivity contribution in [2.24, 2.45) is 0 Å². The second-order valence-corrected chi connectivity index (χ2v) is 3.68. The minimum atomic E-state index is 0.215. The Morgan fingerprint density at radius 3 is 1.79 bits per heavy atom. The molecule has 0 aliphatic carbocycles. The third-order valence-corrected chi connectivity index (χ3v) is 2.51. The van der Waals surface area contributed by atoms with Crippen LogP contribution in [-0.2, 0) is 9.59 Å². The Morgan fingerprint density at radius 2 is 1.68 bits per heavy atom. The van der Waals surface area contributed by atoms with E-state index in [-0.39, 0.29) is 5.91 Å². The van der Waals surface area contributed by atoms with Crippen molar-refractivity contribution >= 4 is 11.8 Å². The highest BCUT2D eigenvalue weighted by atomic mass is 16.2. The van der Waals surface area contributed by atoms with Crippen LogP contribution in [-0.4, -0.2) is 48.8 Å². The fraction of sp³-hybridized carbons (Fsp3) is 0.867. The van der Waals surface area contributed by atoms with Crippen LogP contribution < -0.4 is 0 Å². The number of carbonyl (C=O) groups is 2. The number of hydrogen-bond acceptors (Lipinski definition) is 2. The van der Waals surface area contributed by atoms with E-state index >= 15 is 0 Å². The molecule has 19 heavy (non-hydrogen) atoms. The summed E-state index contributed by atoms with van der Waals surface area (Å²) in [7, 11) is 3.65. The SMILES string of the molecule is CC.CC.CCC(=O)N(C)CC.CN1CCCC1=O. The molecule has 1 aliphatic rings. The van der Waals surface area contributed by atoms with Crippen molar-refractivity contribution in [3.63, 3.8) is 0 Å². The first-order valence-corrected chi connectivity index (χ1v) is 7.50. The van der Waals surface area contributed by atoms with Gasteiger partial charge in [0.2, 0.25) is 11.8 Å². The second kappa shape index (κ2) is 16.9. The first kappa shape index (κ1) is 23.1. The average molecular weight is 274 g/mol. The van der Waals surface area contributed by atoms with Crippen molar-refractivity contribution in [3.8, 4) is 0 Å². The van der Waals surface area contributed by atoms with Gasteiger partial charge in [-0.05, 0) is 13.3 Å². The van der Waals surface area contributed by atoms with Crippen LogP contribution in [0.25, 0.3) is 0 Å². The molecule has 0 unspecified atom stereocenters. The molecule has 1 rings (SSSR count). The van der Waals surface area contributed by atoms with E-state index in [1.54, 1.807) is 9.80 Å². The van der Waals surface area contributed by atoms with Crippen molar-refractivity contribution < 1.29 is 9.59 Å². The molecule has 116 valence electrons. The Hall–Kier alpha value is -1.06. The molecule has 0 N–H and O–H groups in total. The molecule has 4 heteroatoms. The molecule has 0 radical (unpaired) electrons. The summed E-state index contributed by atoms with van der Waals surface area (Å²) in [6.45, 7) is 13.6. The lowest BCUT2D eigenvalue weighted by Gasteiger charge is -2.11. The Morgan fingerprint density at radius 1 is 1.21 bits per heavy atom. The van der Waals surface area contributed by atoms with Crippen molar-refractivity contribution in [2.45, 2.75) is 60.8 Å². The highest BCUT2D eigenvalue weighted by molar-refractivity contribution is 5.77. The summed E-state index contributed by atoms with van der Waals surface area (Å²) in [4.78, 5) is 24.6. The molecule has 1 saturated heterocycles. The fourth-order valence-electron chi connectivity index (χ4n) is 1.23. The van der Waals surface area contributed by atoms with Gasteiger partial charge in [-0.3, -0.25) is 9.59 Å². The Labute approximate surface area is 120 Å². The lowest BCUT2D eigenvalue weighted by atomic mass is 10.4. The van der Waals surface area contributed by atoms with Gasteiger partial charge in [-0.2, -0.15) is 0 Å². The maximum Gasteiger partial charge on any atom is 0.222 e. The fourth-order valence-corrected chi connectivity index (χ4v) is 1.23. The van der Waals surface area contributed by atoms with Gasteiger partial charge >= 0.3 is 0 Å². The van der Waals surface area contributed by atoms with Crippen LogP contribution in [0.15, 0.2) is 0 Å². The van der Waals surface area contributed by atoms with Gasteiger partial charge in [-0.1, -0.05) is 34.6 Å². The van der Waals surface area contributed by atoms with Crippen LogP contribution in [0.3, 0.4) is 0 Å². The number of carbonyl (C=O) groups excluding carboxylic acids is 2. The molecular weight excluding hydrogens is 240 g/mol. The van der Waals surface area contributed by atoms with Gasteiger partial charge in [0.1, 0.15) is 0 Å². The third kappa shape index (κ3) is 13.2. The van der Waals surface area contributed by atoms with Gasteiger partial charge in [0.05, 0.1) is 0 Å². The highest BCUT2D eigenvalue weighted by Crippen LogP contribution is 2.04. The molecule has 4 nitrogen and oxygen atoms in total. The molecular formula is C15H34N2O2. The number of rotatable bonds is 2. The van der Waals surface area contributed by atoms with Crippen LogP contribution in [0, 0.1) is 0 Å². The van der Waals surface area contributed by atoms with E-state index in [0.717, 1.165) is 25.9 Å². The van der Waals surface area contributed by atoms with Crippen LogP contribution >= 0.6 is 0 Å². The van der Waals surface area contributed by atoms with Crippen molar-refractivity contribution in [3.05, 3.63) is 0 Å².